The summed E-state index contributed by atoms with van der Waals surface area (Å²) in [5.74, 6) is -2.71. The summed E-state index contributed by atoms with van der Waals surface area (Å²) in [6.45, 7) is 0.869. The van der Waals surface area contributed by atoms with Gasteiger partial charge in [-0.1, -0.05) is 6.07 Å². The minimum atomic E-state index is -0.911. The molecule has 6 heteroatoms. The lowest BCUT2D eigenvalue weighted by Gasteiger charge is -2.37. The Labute approximate surface area is 103 Å². The molecule has 0 aliphatic carbocycles. The van der Waals surface area contributed by atoms with E-state index in [9.17, 15) is 13.6 Å². The van der Waals surface area contributed by atoms with E-state index in [0.29, 0.717) is 5.56 Å². The molecule has 98 valence electrons. The molecule has 0 unspecified atom stereocenters. The molecule has 18 heavy (non-hydrogen) atoms. The second-order valence-corrected chi connectivity index (χ2v) is 4.43. The van der Waals surface area contributed by atoms with Crippen molar-refractivity contribution in [2.45, 2.75) is 6.54 Å². The van der Waals surface area contributed by atoms with Gasteiger partial charge in [0, 0.05) is 13.1 Å². The number of hydrogen-bond acceptors (Lipinski definition) is 3. The molecule has 4 nitrogen and oxygen atoms in total. The summed E-state index contributed by atoms with van der Waals surface area (Å²) in [6.07, 6.45) is 0. The molecule has 0 atom stereocenters. The van der Waals surface area contributed by atoms with Gasteiger partial charge in [0.05, 0.1) is 13.2 Å². The number of benzene rings is 1. The molecule has 1 aromatic rings. The topological polar surface area (TPSA) is 58.6 Å². The highest BCUT2D eigenvalue weighted by Gasteiger charge is 2.45. The maximum atomic E-state index is 12.9. The van der Waals surface area contributed by atoms with Crippen molar-refractivity contribution in [1.82, 2.24) is 5.32 Å². The first-order valence-corrected chi connectivity index (χ1v) is 5.49. The minimum Gasteiger partial charge on any atom is -0.481 e. The summed E-state index contributed by atoms with van der Waals surface area (Å²) in [5, 5.41) is 12.0. The lowest BCUT2D eigenvalue weighted by Crippen LogP contribution is -2.55. The lowest BCUT2D eigenvalue weighted by atomic mass is 9.86. The Hall–Kier alpha value is -1.53. The Morgan fingerprint density at radius 3 is 2.61 bits per heavy atom. The maximum Gasteiger partial charge on any atom is 0.315 e. The predicted molar refractivity (Wildman–Crippen MR) is 59.0 cm³/mol. The highest BCUT2D eigenvalue weighted by atomic mass is 19.2. The van der Waals surface area contributed by atoms with Gasteiger partial charge in [0.25, 0.3) is 0 Å². The zero-order chi connectivity index (χ0) is 13.2. The summed E-state index contributed by atoms with van der Waals surface area (Å²) in [7, 11) is 0. The van der Waals surface area contributed by atoms with E-state index in [-0.39, 0.29) is 26.3 Å². The van der Waals surface area contributed by atoms with Crippen molar-refractivity contribution >= 4 is 5.97 Å². The summed E-state index contributed by atoms with van der Waals surface area (Å²) in [4.78, 5) is 11.0. The molecule has 0 bridgehead atoms. The van der Waals surface area contributed by atoms with Crippen LogP contribution < -0.4 is 5.32 Å². The van der Waals surface area contributed by atoms with Crippen molar-refractivity contribution in [2.24, 2.45) is 5.41 Å². The predicted octanol–water partition coefficient (Wildman–Crippen LogP) is 1.16. The number of hydrogen-bond donors (Lipinski definition) is 2. The maximum absolute atomic E-state index is 12.9. The third-order valence-corrected chi connectivity index (χ3v) is 2.99. The van der Waals surface area contributed by atoms with E-state index in [4.69, 9.17) is 9.84 Å². The standard InChI is InChI=1S/C12H13F2NO3/c13-9-2-1-8(3-10(9)14)4-15-5-12(11(16)17)6-18-7-12/h1-3,15H,4-7H2,(H,16,17). The number of carboxylic acid groups (broad SMARTS) is 1. The molecule has 0 aromatic heterocycles. The lowest BCUT2D eigenvalue weighted by molar-refractivity contribution is -0.178. The van der Waals surface area contributed by atoms with E-state index >= 15 is 0 Å². The quantitative estimate of drug-likeness (QED) is 0.831. The minimum absolute atomic E-state index is 0.174. The monoisotopic (exact) mass is 257 g/mol. The summed E-state index contributed by atoms with van der Waals surface area (Å²) >= 11 is 0. The highest BCUT2D eigenvalue weighted by Crippen LogP contribution is 2.26. The first-order valence-electron chi connectivity index (χ1n) is 5.49. The van der Waals surface area contributed by atoms with Gasteiger partial charge >= 0.3 is 5.97 Å². The molecular formula is C12H13F2NO3. The highest BCUT2D eigenvalue weighted by molar-refractivity contribution is 5.76. The number of ether oxygens (including phenoxy) is 1. The van der Waals surface area contributed by atoms with Crippen LogP contribution in [0.3, 0.4) is 0 Å². The molecule has 0 saturated carbocycles. The molecule has 0 radical (unpaired) electrons. The number of aliphatic carboxylic acids is 1. The molecule has 1 aliphatic heterocycles. The van der Waals surface area contributed by atoms with Gasteiger partial charge in [-0.15, -0.1) is 0 Å². The van der Waals surface area contributed by atoms with Crippen LogP contribution in [0, 0.1) is 17.0 Å². The normalized spacial score (nSPS) is 17.2. The van der Waals surface area contributed by atoms with E-state index in [1.807, 2.05) is 0 Å². The number of rotatable bonds is 5. The average molecular weight is 257 g/mol. The van der Waals surface area contributed by atoms with E-state index in [1.54, 1.807) is 0 Å². The molecule has 1 saturated heterocycles. The van der Waals surface area contributed by atoms with Crippen molar-refractivity contribution in [2.75, 3.05) is 19.8 Å². The zero-order valence-electron chi connectivity index (χ0n) is 9.58. The number of carboxylic acids is 1. The molecule has 1 aliphatic rings. The van der Waals surface area contributed by atoms with Gasteiger partial charge in [-0.3, -0.25) is 4.79 Å². The van der Waals surface area contributed by atoms with Crippen LogP contribution in [-0.4, -0.2) is 30.8 Å². The van der Waals surface area contributed by atoms with Crippen LogP contribution in [0.15, 0.2) is 18.2 Å². The zero-order valence-corrected chi connectivity index (χ0v) is 9.58. The Bertz CT molecular complexity index is 461. The van der Waals surface area contributed by atoms with Gasteiger partial charge in [0.2, 0.25) is 0 Å². The Kier molecular flexibility index (Phi) is 3.58. The van der Waals surface area contributed by atoms with E-state index in [0.717, 1.165) is 12.1 Å². The number of halogens is 2. The molecule has 2 rings (SSSR count). The van der Waals surface area contributed by atoms with Crippen molar-refractivity contribution in [3.63, 3.8) is 0 Å². The van der Waals surface area contributed by atoms with Crippen LogP contribution in [0.25, 0.3) is 0 Å². The van der Waals surface area contributed by atoms with Crippen molar-refractivity contribution < 1.29 is 23.4 Å². The van der Waals surface area contributed by atoms with E-state index in [2.05, 4.69) is 5.32 Å². The fourth-order valence-electron chi connectivity index (χ4n) is 1.75. The molecule has 1 heterocycles. The second-order valence-electron chi connectivity index (χ2n) is 4.43. The van der Waals surface area contributed by atoms with E-state index in [1.165, 1.54) is 6.07 Å². The van der Waals surface area contributed by atoms with Crippen molar-refractivity contribution in [1.29, 1.82) is 0 Å². The first-order chi connectivity index (χ1) is 8.53. The SMILES string of the molecule is O=C(O)C1(CNCc2ccc(F)c(F)c2)COC1. The average Bonchev–Trinajstić information content (AvgIpc) is 2.26. The van der Waals surface area contributed by atoms with Crippen LogP contribution >= 0.6 is 0 Å². The van der Waals surface area contributed by atoms with Gasteiger partial charge < -0.3 is 15.2 Å². The Morgan fingerprint density at radius 2 is 2.11 bits per heavy atom. The van der Waals surface area contributed by atoms with Crippen molar-refractivity contribution in [3.05, 3.63) is 35.4 Å². The summed E-state index contributed by atoms with van der Waals surface area (Å²) < 4.78 is 30.5. The van der Waals surface area contributed by atoms with Gasteiger partial charge in [0.1, 0.15) is 5.41 Å². The first kappa shape index (κ1) is 12.9. The smallest absolute Gasteiger partial charge is 0.315 e. The third kappa shape index (κ3) is 2.49. The molecule has 1 fully saturated rings. The van der Waals surface area contributed by atoms with Gasteiger partial charge in [-0.05, 0) is 17.7 Å². The second kappa shape index (κ2) is 4.99. The molecule has 2 N–H and O–H groups in total. The molecule has 1 aromatic carbocycles. The van der Waals surface area contributed by atoms with Crippen LogP contribution in [0.2, 0.25) is 0 Å². The van der Waals surface area contributed by atoms with Gasteiger partial charge in [-0.25, -0.2) is 8.78 Å². The largest absolute Gasteiger partial charge is 0.481 e. The fourth-order valence-corrected chi connectivity index (χ4v) is 1.75. The fraction of sp³-hybridized carbons (Fsp3) is 0.417. The van der Waals surface area contributed by atoms with Gasteiger partial charge in [-0.2, -0.15) is 0 Å². The molecular weight excluding hydrogens is 244 g/mol. The number of carbonyl (C=O) groups is 1. The molecule has 0 spiro atoms. The molecule has 0 amide bonds. The van der Waals surface area contributed by atoms with Gasteiger partial charge in [0.15, 0.2) is 11.6 Å². The summed E-state index contributed by atoms with van der Waals surface area (Å²) in [5.41, 5.74) is -0.326. The number of nitrogens with one attached hydrogen (secondary N) is 1. The Balaban J connectivity index is 1.88. The van der Waals surface area contributed by atoms with Crippen LogP contribution in [0.4, 0.5) is 8.78 Å². The summed E-state index contributed by atoms with van der Waals surface area (Å²) in [6, 6.07) is 3.59. The van der Waals surface area contributed by atoms with E-state index < -0.39 is 23.0 Å². The van der Waals surface area contributed by atoms with Crippen LogP contribution in [0.1, 0.15) is 5.56 Å². The van der Waals surface area contributed by atoms with Crippen molar-refractivity contribution in [3.8, 4) is 0 Å². The Morgan fingerprint density at radius 1 is 1.39 bits per heavy atom. The third-order valence-electron chi connectivity index (χ3n) is 2.99. The van der Waals surface area contributed by atoms with Crippen LogP contribution in [0.5, 0.6) is 0 Å². The van der Waals surface area contributed by atoms with Crippen LogP contribution in [-0.2, 0) is 16.1 Å².